The zero-order valence-corrected chi connectivity index (χ0v) is 22.8. The van der Waals surface area contributed by atoms with Crippen molar-refractivity contribution in [2.75, 3.05) is 0 Å². The molecular formula is C32H46N2O2. The van der Waals surface area contributed by atoms with Crippen LogP contribution in [0.3, 0.4) is 0 Å². The minimum absolute atomic E-state index is 0.159. The van der Waals surface area contributed by atoms with Crippen LogP contribution in [0.1, 0.15) is 89.9 Å². The van der Waals surface area contributed by atoms with Crippen LogP contribution < -0.4 is 0 Å². The van der Waals surface area contributed by atoms with E-state index in [4.69, 9.17) is 4.98 Å². The molecule has 0 spiro atoms. The average molecular weight is 491 g/mol. The van der Waals surface area contributed by atoms with Crippen LogP contribution in [0, 0.1) is 53.3 Å². The molecule has 0 bridgehead atoms. The molecule has 36 heavy (non-hydrogen) atoms. The van der Waals surface area contributed by atoms with Gasteiger partial charge in [-0.1, -0.05) is 32.9 Å². The maximum atomic E-state index is 11.5. The fourth-order valence-corrected chi connectivity index (χ4v) is 10.0. The number of rotatable bonds is 4. The SMILES string of the molecule is Cc1ccc2cnc(CC[C@@H](C)[C@H]3CC[C@H]4[C@H]5C(CC[C@]34C)[C@@]3(C)CC[C@@H](O)C[C@H]3C[C@H]5O)nc2c1. The number of hydrogen-bond acceptors (Lipinski definition) is 4. The van der Waals surface area contributed by atoms with Crippen molar-refractivity contribution in [3.8, 4) is 0 Å². The Morgan fingerprint density at radius 2 is 1.78 bits per heavy atom. The lowest BCUT2D eigenvalue weighted by Crippen LogP contribution is -2.58. The van der Waals surface area contributed by atoms with Gasteiger partial charge in [0, 0.05) is 18.0 Å². The molecule has 2 aromatic rings. The molecule has 196 valence electrons. The Hall–Kier alpha value is -1.52. The Labute approximate surface area is 217 Å². The fourth-order valence-electron chi connectivity index (χ4n) is 10.0. The van der Waals surface area contributed by atoms with Crippen LogP contribution in [-0.4, -0.2) is 32.4 Å². The third-order valence-corrected chi connectivity index (χ3v) is 12.0. The molecule has 10 atom stereocenters. The van der Waals surface area contributed by atoms with E-state index in [1.54, 1.807) is 0 Å². The van der Waals surface area contributed by atoms with Crippen molar-refractivity contribution in [3.05, 3.63) is 35.8 Å². The van der Waals surface area contributed by atoms with Crippen molar-refractivity contribution >= 4 is 10.9 Å². The fraction of sp³-hybridized carbons (Fsp3) is 0.750. The first kappa shape index (κ1) is 24.8. The van der Waals surface area contributed by atoms with E-state index in [0.29, 0.717) is 40.4 Å². The van der Waals surface area contributed by atoms with Crippen molar-refractivity contribution in [2.24, 2.45) is 46.3 Å². The molecule has 4 heteroatoms. The number of fused-ring (bicyclic) bond motifs is 6. The van der Waals surface area contributed by atoms with Gasteiger partial charge < -0.3 is 10.2 Å². The Morgan fingerprint density at radius 1 is 1.00 bits per heavy atom. The average Bonchev–Trinajstić information content (AvgIpc) is 3.20. The summed E-state index contributed by atoms with van der Waals surface area (Å²) < 4.78 is 0. The number of benzene rings is 1. The zero-order valence-electron chi connectivity index (χ0n) is 22.8. The summed E-state index contributed by atoms with van der Waals surface area (Å²) >= 11 is 0. The standard InChI is InChI=1S/C32H46N2O2/c1-19-5-7-21-18-33-29(34-27(21)15-19)10-6-20(2)24-8-9-25-30-26(12-14-32(24,25)4)31(3)13-11-23(35)16-22(31)17-28(30)36/h5,7,15,18,20,22-26,28,30,35-36H,6,8-14,16-17H2,1-4H3/t20-,22+,23-,24-,25+,26?,28-,30+,31+,32-/m1/s1. The van der Waals surface area contributed by atoms with Gasteiger partial charge in [-0.15, -0.1) is 0 Å². The van der Waals surface area contributed by atoms with Crippen molar-refractivity contribution in [1.29, 1.82) is 0 Å². The second-order valence-electron chi connectivity index (χ2n) is 13.8. The summed E-state index contributed by atoms with van der Waals surface area (Å²) in [6.07, 6.45) is 12.7. The van der Waals surface area contributed by atoms with Crippen LogP contribution in [0.5, 0.6) is 0 Å². The third kappa shape index (κ3) is 3.93. The van der Waals surface area contributed by atoms with Crippen molar-refractivity contribution in [2.45, 2.75) is 104 Å². The molecule has 1 aromatic carbocycles. The van der Waals surface area contributed by atoms with E-state index in [1.807, 2.05) is 6.20 Å². The predicted molar refractivity (Wildman–Crippen MR) is 144 cm³/mol. The van der Waals surface area contributed by atoms with E-state index in [1.165, 1.54) is 31.2 Å². The minimum Gasteiger partial charge on any atom is -0.393 e. The number of aliphatic hydroxyl groups excluding tert-OH is 2. The van der Waals surface area contributed by atoms with Crippen LogP contribution in [0.4, 0.5) is 0 Å². The summed E-state index contributed by atoms with van der Waals surface area (Å²) in [5.74, 6) is 4.54. The third-order valence-electron chi connectivity index (χ3n) is 12.0. The van der Waals surface area contributed by atoms with E-state index in [0.717, 1.165) is 61.2 Å². The highest BCUT2D eigenvalue weighted by atomic mass is 16.3. The Balaban J connectivity index is 1.17. The number of aromatic nitrogens is 2. The molecule has 0 saturated heterocycles. The number of hydrogen-bond donors (Lipinski definition) is 2. The maximum Gasteiger partial charge on any atom is 0.128 e. The monoisotopic (exact) mass is 490 g/mol. The summed E-state index contributed by atoms with van der Waals surface area (Å²) in [5, 5.41) is 22.9. The van der Waals surface area contributed by atoms with Gasteiger partial charge >= 0.3 is 0 Å². The number of nitrogens with zero attached hydrogens (tertiary/aromatic N) is 2. The van der Waals surface area contributed by atoms with E-state index in [-0.39, 0.29) is 12.2 Å². The van der Waals surface area contributed by atoms with Gasteiger partial charge in [0.15, 0.2) is 0 Å². The molecule has 4 aliphatic carbocycles. The zero-order chi connectivity index (χ0) is 25.2. The van der Waals surface area contributed by atoms with Gasteiger partial charge in [0.2, 0.25) is 0 Å². The smallest absolute Gasteiger partial charge is 0.128 e. The van der Waals surface area contributed by atoms with Crippen LogP contribution in [0.2, 0.25) is 0 Å². The number of aliphatic hydroxyl groups is 2. The molecule has 2 N–H and O–H groups in total. The van der Waals surface area contributed by atoms with E-state index in [9.17, 15) is 10.2 Å². The summed E-state index contributed by atoms with van der Waals surface area (Å²) in [6.45, 7) is 9.67. The second-order valence-corrected chi connectivity index (χ2v) is 13.8. The van der Waals surface area contributed by atoms with Crippen LogP contribution >= 0.6 is 0 Å². The highest BCUT2D eigenvalue weighted by Gasteiger charge is 2.62. The largest absolute Gasteiger partial charge is 0.393 e. The van der Waals surface area contributed by atoms with Crippen molar-refractivity contribution < 1.29 is 10.2 Å². The molecule has 0 amide bonds. The predicted octanol–water partition coefficient (Wildman–Crippen LogP) is 6.50. The van der Waals surface area contributed by atoms with Crippen LogP contribution in [0.25, 0.3) is 10.9 Å². The van der Waals surface area contributed by atoms with Crippen molar-refractivity contribution in [3.63, 3.8) is 0 Å². The molecule has 4 nitrogen and oxygen atoms in total. The molecule has 1 unspecified atom stereocenters. The minimum atomic E-state index is -0.188. The lowest BCUT2D eigenvalue weighted by atomic mass is 9.43. The molecule has 6 rings (SSSR count). The normalized spacial score (nSPS) is 43.0. The Bertz CT molecular complexity index is 1120. The summed E-state index contributed by atoms with van der Waals surface area (Å²) in [7, 11) is 0. The Kier molecular flexibility index (Phi) is 6.23. The molecule has 4 saturated carbocycles. The molecule has 0 aliphatic heterocycles. The van der Waals surface area contributed by atoms with Crippen LogP contribution in [0.15, 0.2) is 24.4 Å². The first-order chi connectivity index (χ1) is 17.2. The maximum absolute atomic E-state index is 11.5. The topological polar surface area (TPSA) is 66.2 Å². The second kappa shape index (κ2) is 9.05. The highest BCUT2D eigenvalue weighted by molar-refractivity contribution is 5.78. The van der Waals surface area contributed by atoms with E-state index in [2.05, 4.69) is 50.9 Å². The van der Waals surface area contributed by atoms with Gasteiger partial charge in [-0.3, -0.25) is 0 Å². The van der Waals surface area contributed by atoms with Crippen molar-refractivity contribution in [1.82, 2.24) is 9.97 Å². The van der Waals surface area contributed by atoms with Crippen LogP contribution in [-0.2, 0) is 6.42 Å². The Morgan fingerprint density at radius 3 is 2.61 bits per heavy atom. The lowest BCUT2D eigenvalue weighted by Gasteiger charge is -2.62. The highest BCUT2D eigenvalue weighted by Crippen LogP contribution is 2.68. The summed E-state index contributed by atoms with van der Waals surface area (Å²) in [5.41, 5.74) is 2.95. The molecule has 1 aromatic heterocycles. The van der Waals surface area contributed by atoms with Gasteiger partial charge in [0.25, 0.3) is 0 Å². The molecular weight excluding hydrogens is 444 g/mol. The first-order valence-corrected chi connectivity index (χ1v) is 14.8. The number of aryl methyl sites for hydroxylation is 2. The van der Waals surface area contributed by atoms with Gasteiger partial charge in [-0.05, 0) is 123 Å². The first-order valence-electron chi connectivity index (χ1n) is 14.8. The van der Waals surface area contributed by atoms with Gasteiger partial charge in [-0.2, -0.15) is 0 Å². The quantitative estimate of drug-likeness (QED) is 0.513. The van der Waals surface area contributed by atoms with E-state index < -0.39 is 0 Å². The molecule has 1 heterocycles. The molecule has 4 aliphatic rings. The summed E-state index contributed by atoms with van der Waals surface area (Å²) in [6, 6.07) is 6.41. The molecule has 0 radical (unpaired) electrons. The summed E-state index contributed by atoms with van der Waals surface area (Å²) in [4.78, 5) is 9.57. The van der Waals surface area contributed by atoms with Gasteiger partial charge in [-0.25, -0.2) is 9.97 Å². The molecule has 4 fully saturated rings. The van der Waals surface area contributed by atoms with Gasteiger partial charge in [0.1, 0.15) is 5.82 Å². The van der Waals surface area contributed by atoms with Gasteiger partial charge in [0.05, 0.1) is 17.7 Å². The van der Waals surface area contributed by atoms with E-state index >= 15 is 0 Å². The lowest BCUT2D eigenvalue weighted by molar-refractivity contribution is -0.174.